The van der Waals surface area contributed by atoms with Crippen molar-refractivity contribution >= 4 is 29.6 Å². The third-order valence-electron chi connectivity index (χ3n) is 5.76. The number of carbonyl (C=O) groups excluding carboxylic acids is 5. The Morgan fingerprint density at radius 2 is 1.53 bits per heavy atom. The molecule has 0 saturated carbocycles. The number of Topliss-reactive ketones (excluding diaryl/α,β-unsaturated/α-hetero) is 1. The summed E-state index contributed by atoms with van der Waals surface area (Å²) in [6, 6.07) is 7.32. The summed E-state index contributed by atoms with van der Waals surface area (Å²) < 4.78 is 10.4. The Hall–Kier alpha value is -3.47. The summed E-state index contributed by atoms with van der Waals surface area (Å²) in [5.41, 5.74) is 1.71. The molecule has 4 N–H and O–H groups in total. The second kappa shape index (κ2) is 19.6. The zero-order valence-corrected chi connectivity index (χ0v) is 22.7. The Balaban J connectivity index is 2.06. The van der Waals surface area contributed by atoms with Crippen LogP contribution in [0, 0.1) is 5.92 Å². The predicted octanol–water partition coefficient (Wildman–Crippen LogP) is 1.63. The van der Waals surface area contributed by atoms with E-state index >= 15 is 0 Å². The Bertz CT molecular complexity index is 890. The summed E-state index contributed by atoms with van der Waals surface area (Å²) >= 11 is 0. The first kappa shape index (κ1) is 32.6. The van der Waals surface area contributed by atoms with Gasteiger partial charge in [0.1, 0.15) is 12.4 Å². The number of unbranched alkanes of at least 4 members (excludes halogenated alkanes) is 1. The van der Waals surface area contributed by atoms with Crippen LogP contribution in [0.3, 0.4) is 0 Å². The first-order valence-electron chi connectivity index (χ1n) is 13.0. The van der Waals surface area contributed by atoms with Gasteiger partial charge in [-0.25, -0.2) is 4.79 Å². The highest BCUT2D eigenvalue weighted by Gasteiger charge is 2.08. The highest BCUT2D eigenvalue weighted by atomic mass is 16.5. The van der Waals surface area contributed by atoms with Gasteiger partial charge in [0.15, 0.2) is 0 Å². The number of carbonyl (C=O) groups is 5. The lowest BCUT2D eigenvalue weighted by molar-refractivity contribution is -0.126. The third kappa shape index (κ3) is 16.3. The summed E-state index contributed by atoms with van der Waals surface area (Å²) in [6.07, 6.45) is 2.89. The van der Waals surface area contributed by atoms with Gasteiger partial charge in [-0.3, -0.25) is 19.2 Å². The Morgan fingerprint density at radius 3 is 2.21 bits per heavy atom. The standard InChI is InChI=1S/C27H42N4O7/c1-20(21(2)32)7-4-5-13-30-27(36)38-16-6-15-37-19-26(35)31-18-23-10-8-22(9-11-23)17-25(34)29-14-12-24(33)28-3/h8-11,20H,4-7,12-19H2,1-3H3,(H,28,33)(H,29,34)(H,30,36)(H,31,35). The number of hydrogen-bond donors (Lipinski definition) is 4. The van der Waals surface area contributed by atoms with Gasteiger partial charge in [0.25, 0.3) is 0 Å². The molecule has 0 aliphatic rings. The fourth-order valence-electron chi connectivity index (χ4n) is 3.23. The number of ether oxygens (including phenoxy) is 2. The van der Waals surface area contributed by atoms with Crippen molar-refractivity contribution in [1.82, 2.24) is 21.3 Å². The molecule has 1 unspecified atom stereocenters. The molecule has 0 aliphatic heterocycles. The molecule has 0 heterocycles. The van der Waals surface area contributed by atoms with Gasteiger partial charge in [0.05, 0.1) is 19.6 Å². The fraction of sp³-hybridized carbons (Fsp3) is 0.593. The summed E-state index contributed by atoms with van der Waals surface area (Å²) in [6.45, 7) is 4.98. The number of nitrogens with one attached hydrogen (secondary N) is 4. The van der Waals surface area contributed by atoms with Crippen molar-refractivity contribution in [2.24, 2.45) is 5.92 Å². The van der Waals surface area contributed by atoms with Crippen molar-refractivity contribution in [1.29, 1.82) is 0 Å². The van der Waals surface area contributed by atoms with E-state index in [1.165, 1.54) is 0 Å². The maximum Gasteiger partial charge on any atom is 0.407 e. The number of hydrogen-bond acceptors (Lipinski definition) is 7. The third-order valence-corrected chi connectivity index (χ3v) is 5.76. The molecule has 0 fully saturated rings. The van der Waals surface area contributed by atoms with Gasteiger partial charge in [-0.05, 0) is 30.9 Å². The van der Waals surface area contributed by atoms with Crippen LogP contribution in [-0.2, 0) is 41.6 Å². The molecule has 11 heteroatoms. The Labute approximate surface area is 224 Å². The molecule has 0 aromatic heterocycles. The van der Waals surface area contributed by atoms with Crippen LogP contribution in [0.4, 0.5) is 4.79 Å². The molecular weight excluding hydrogens is 492 g/mol. The maximum atomic E-state index is 12.0. The monoisotopic (exact) mass is 534 g/mol. The molecule has 0 radical (unpaired) electrons. The molecule has 0 bridgehead atoms. The molecule has 11 nitrogen and oxygen atoms in total. The van der Waals surface area contributed by atoms with E-state index in [4.69, 9.17) is 9.47 Å². The van der Waals surface area contributed by atoms with Gasteiger partial charge in [0, 0.05) is 45.4 Å². The van der Waals surface area contributed by atoms with Crippen LogP contribution < -0.4 is 21.3 Å². The van der Waals surface area contributed by atoms with Crippen LogP contribution in [0.2, 0.25) is 0 Å². The van der Waals surface area contributed by atoms with Crippen LogP contribution in [0.5, 0.6) is 0 Å². The lowest BCUT2D eigenvalue weighted by Gasteiger charge is -2.09. The minimum atomic E-state index is -0.491. The number of alkyl carbamates (subject to hydrolysis) is 1. The second-order valence-electron chi connectivity index (χ2n) is 9.02. The normalized spacial score (nSPS) is 11.2. The molecule has 0 spiro atoms. The topological polar surface area (TPSA) is 152 Å². The number of amides is 4. The first-order valence-corrected chi connectivity index (χ1v) is 13.0. The zero-order valence-electron chi connectivity index (χ0n) is 22.7. The smallest absolute Gasteiger partial charge is 0.407 e. The van der Waals surface area contributed by atoms with Crippen LogP contribution >= 0.6 is 0 Å². The number of rotatable bonds is 19. The molecule has 1 rings (SSSR count). The van der Waals surface area contributed by atoms with Gasteiger partial charge in [-0.1, -0.05) is 37.6 Å². The van der Waals surface area contributed by atoms with E-state index in [0.29, 0.717) is 19.5 Å². The average molecular weight is 535 g/mol. The second-order valence-corrected chi connectivity index (χ2v) is 9.02. The maximum absolute atomic E-state index is 12.0. The van der Waals surface area contributed by atoms with Gasteiger partial charge < -0.3 is 30.7 Å². The minimum Gasteiger partial charge on any atom is -0.449 e. The van der Waals surface area contributed by atoms with E-state index in [2.05, 4.69) is 21.3 Å². The van der Waals surface area contributed by atoms with E-state index in [1.54, 1.807) is 14.0 Å². The largest absolute Gasteiger partial charge is 0.449 e. The predicted molar refractivity (Wildman–Crippen MR) is 142 cm³/mol. The summed E-state index contributed by atoms with van der Waals surface area (Å²) in [4.78, 5) is 57.9. The van der Waals surface area contributed by atoms with Crippen LogP contribution in [-0.4, -0.2) is 69.6 Å². The highest BCUT2D eigenvalue weighted by Crippen LogP contribution is 2.08. The lowest BCUT2D eigenvalue weighted by Crippen LogP contribution is -2.30. The minimum absolute atomic E-state index is 0.0518. The van der Waals surface area contributed by atoms with Crippen molar-refractivity contribution < 1.29 is 33.4 Å². The summed E-state index contributed by atoms with van der Waals surface area (Å²) in [7, 11) is 1.55. The van der Waals surface area contributed by atoms with Gasteiger partial charge >= 0.3 is 6.09 Å². The quantitative estimate of drug-likeness (QED) is 0.197. The van der Waals surface area contributed by atoms with Gasteiger partial charge in [0.2, 0.25) is 17.7 Å². The first-order chi connectivity index (χ1) is 18.2. The molecule has 4 amide bonds. The SMILES string of the molecule is CNC(=O)CCNC(=O)Cc1ccc(CNC(=O)COCCCOC(=O)NCCCCC(C)C(C)=O)cc1. The molecular formula is C27H42N4O7. The average Bonchev–Trinajstić information content (AvgIpc) is 2.89. The summed E-state index contributed by atoms with van der Waals surface area (Å²) in [5, 5.41) is 10.6. The van der Waals surface area contributed by atoms with Gasteiger partial charge in [-0.2, -0.15) is 0 Å². The molecule has 0 aliphatic carbocycles. The van der Waals surface area contributed by atoms with E-state index in [-0.39, 0.29) is 68.6 Å². The van der Waals surface area contributed by atoms with Crippen LogP contribution in [0.25, 0.3) is 0 Å². The van der Waals surface area contributed by atoms with Crippen molar-refractivity contribution in [3.63, 3.8) is 0 Å². The molecule has 212 valence electrons. The van der Waals surface area contributed by atoms with Crippen molar-refractivity contribution in [3.8, 4) is 0 Å². The van der Waals surface area contributed by atoms with Crippen molar-refractivity contribution in [2.75, 3.05) is 40.0 Å². The molecule has 1 aromatic rings. The molecule has 38 heavy (non-hydrogen) atoms. The number of benzene rings is 1. The van der Waals surface area contributed by atoms with Crippen LogP contribution in [0.1, 0.15) is 57.1 Å². The Morgan fingerprint density at radius 1 is 0.816 bits per heavy atom. The Kier molecular flexibility index (Phi) is 16.8. The van der Waals surface area contributed by atoms with E-state index in [0.717, 1.165) is 30.4 Å². The number of ketones is 1. The van der Waals surface area contributed by atoms with E-state index in [9.17, 15) is 24.0 Å². The van der Waals surface area contributed by atoms with Crippen LogP contribution in [0.15, 0.2) is 24.3 Å². The highest BCUT2D eigenvalue weighted by molar-refractivity contribution is 5.80. The molecule has 1 aromatic carbocycles. The van der Waals surface area contributed by atoms with E-state index < -0.39 is 6.09 Å². The van der Waals surface area contributed by atoms with E-state index in [1.807, 2.05) is 31.2 Å². The molecule has 1 atom stereocenters. The van der Waals surface area contributed by atoms with Crippen molar-refractivity contribution in [2.45, 2.75) is 58.9 Å². The zero-order chi connectivity index (χ0) is 28.2. The molecule has 0 saturated heterocycles. The van der Waals surface area contributed by atoms with Crippen molar-refractivity contribution in [3.05, 3.63) is 35.4 Å². The fourth-order valence-corrected chi connectivity index (χ4v) is 3.23. The lowest BCUT2D eigenvalue weighted by atomic mass is 10.0. The summed E-state index contributed by atoms with van der Waals surface area (Å²) in [5.74, 6) is -0.320. The van der Waals surface area contributed by atoms with Gasteiger partial charge in [-0.15, -0.1) is 0 Å².